The molecule has 0 bridgehead atoms. The zero-order valence-electron chi connectivity index (χ0n) is 24.9. The minimum absolute atomic E-state index is 0.0254. The van der Waals surface area contributed by atoms with Crippen LogP contribution in [-0.2, 0) is 14.3 Å². The molecule has 0 saturated carbocycles. The van der Waals surface area contributed by atoms with Crippen LogP contribution < -0.4 is 10.6 Å². The molecular formula is C30H51N3O5S. The molecule has 0 aromatic heterocycles. The SMILES string of the molecule is CCCCCCCN(C(=O)C(CCSC)NC(=O)OC(C)(C)C)C(C(=O)NCCCCC)c1cccc(O)c1. The van der Waals surface area contributed by atoms with E-state index >= 15 is 0 Å². The first-order valence-corrected chi connectivity index (χ1v) is 15.8. The number of hydrogen-bond donors (Lipinski definition) is 3. The molecule has 3 N–H and O–H groups in total. The van der Waals surface area contributed by atoms with E-state index in [2.05, 4.69) is 24.5 Å². The topological polar surface area (TPSA) is 108 Å². The van der Waals surface area contributed by atoms with Crippen molar-refractivity contribution in [2.45, 2.75) is 110 Å². The van der Waals surface area contributed by atoms with Crippen molar-refractivity contribution in [3.05, 3.63) is 29.8 Å². The lowest BCUT2D eigenvalue weighted by Gasteiger charge is -2.34. The lowest BCUT2D eigenvalue weighted by atomic mass is 10.0. The molecule has 0 spiro atoms. The second-order valence-corrected chi connectivity index (χ2v) is 11.9. The summed E-state index contributed by atoms with van der Waals surface area (Å²) in [6.07, 6.45) is 9.46. The van der Waals surface area contributed by atoms with Crippen LogP contribution in [0.15, 0.2) is 24.3 Å². The maximum Gasteiger partial charge on any atom is 0.408 e. The molecule has 39 heavy (non-hydrogen) atoms. The standard InChI is InChI=1S/C30H51N3O5S/c1-7-9-11-12-14-20-33(28(36)25(18-21-39-6)32-29(37)38-30(3,4)5)26(23-16-15-17-24(34)22-23)27(35)31-19-13-10-8-2/h15-17,22,25-26,34H,7-14,18-21H2,1-6H3,(H,31,35)(H,32,37). The van der Waals surface area contributed by atoms with Crippen molar-refractivity contribution in [3.63, 3.8) is 0 Å². The van der Waals surface area contributed by atoms with Crippen LogP contribution in [0.1, 0.15) is 104 Å². The fourth-order valence-electron chi connectivity index (χ4n) is 4.25. The van der Waals surface area contributed by atoms with Gasteiger partial charge in [-0.15, -0.1) is 0 Å². The molecule has 1 aromatic carbocycles. The molecule has 2 unspecified atom stereocenters. The monoisotopic (exact) mass is 565 g/mol. The third-order valence-corrected chi connectivity index (χ3v) is 6.85. The van der Waals surface area contributed by atoms with Crippen LogP contribution in [0.3, 0.4) is 0 Å². The predicted octanol–water partition coefficient (Wildman–Crippen LogP) is 6.19. The molecule has 0 heterocycles. The molecule has 0 fully saturated rings. The summed E-state index contributed by atoms with van der Waals surface area (Å²) in [6, 6.07) is 4.72. The van der Waals surface area contributed by atoms with Gasteiger partial charge in [0.1, 0.15) is 23.4 Å². The van der Waals surface area contributed by atoms with Gasteiger partial charge in [-0.25, -0.2) is 4.79 Å². The number of thioether (sulfide) groups is 1. The largest absolute Gasteiger partial charge is 0.508 e. The van der Waals surface area contributed by atoms with Gasteiger partial charge in [0.25, 0.3) is 0 Å². The number of rotatable bonds is 18. The maximum absolute atomic E-state index is 14.2. The van der Waals surface area contributed by atoms with Crippen LogP contribution in [0.25, 0.3) is 0 Å². The number of ether oxygens (including phenoxy) is 1. The number of aromatic hydroxyl groups is 1. The average Bonchev–Trinajstić information content (AvgIpc) is 2.86. The Kier molecular flexibility index (Phi) is 16.7. The van der Waals surface area contributed by atoms with Gasteiger partial charge in [-0.05, 0) is 69.7 Å². The minimum atomic E-state index is -0.936. The van der Waals surface area contributed by atoms with Crippen molar-refractivity contribution in [3.8, 4) is 5.75 Å². The Morgan fingerprint density at radius 3 is 2.31 bits per heavy atom. The highest BCUT2D eigenvalue weighted by molar-refractivity contribution is 7.98. The number of hydrogen-bond acceptors (Lipinski definition) is 6. The number of amides is 3. The van der Waals surface area contributed by atoms with Crippen LogP contribution in [0.2, 0.25) is 0 Å². The first kappa shape index (κ1) is 34.6. The van der Waals surface area contributed by atoms with E-state index in [0.717, 1.165) is 51.4 Å². The summed E-state index contributed by atoms with van der Waals surface area (Å²) in [5.74, 6) is 0.0516. The summed E-state index contributed by atoms with van der Waals surface area (Å²) in [7, 11) is 0. The van der Waals surface area contributed by atoms with Crippen LogP contribution in [-0.4, -0.2) is 64.7 Å². The van der Waals surface area contributed by atoms with Gasteiger partial charge in [-0.3, -0.25) is 9.59 Å². The van der Waals surface area contributed by atoms with Gasteiger partial charge >= 0.3 is 6.09 Å². The third kappa shape index (κ3) is 14.0. The van der Waals surface area contributed by atoms with E-state index in [0.29, 0.717) is 30.8 Å². The number of carbonyl (C=O) groups is 3. The Bertz CT molecular complexity index is 874. The highest BCUT2D eigenvalue weighted by Gasteiger charge is 2.36. The Labute approximate surface area is 240 Å². The molecule has 2 atom stereocenters. The Hall–Kier alpha value is -2.42. The normalized spacial score (nSPS) is 12.9. The molecule has 1 aromatic rings. The molecule has 222 valence electrons. The highest BCUT2D eigenvalue weighted by atomic mass is 32.2. The number of phenolic OH excluding ortho intramolecular Hbond substituents is 1. The summed E-state index contributed by atoms with van der Waals surface area (Å²) in [5, 5.41) is 16.0. The first-order valence-electron chi connectivity index (χ1n) is 14.4. The van der Waals surface area contributed by atoms with Gasteiger partial charge in [-0.2, -0.15) is 11.8 Å². The van der Waals surface area contributed by atoms with E-state index in [1.165, 1.54) is 6.07 Å². The van der Waals surface area contributed by atoms with Crippen molar-refractivity contribution in [2.75, 3.05) is 25.1 Å². The average molecular weight is 566 g/mol. The minimum Gasteiger partial charge on any atom is -0.508 e. The number of benzene rings is 1. The van der Waals surface area contributed by atoms with E-state index in [1.807, 2.05) is 6.26 Å². The van der Waals surface area contributed by atoms with Crippen molar-refractivity contribution < 1.29 is 24.2 Å². The zero-order chi connectivity index (χ0) is 29.3. The molecule has 9 heteroatoms. The van der Waals surface area contributed by atoms with E-state index in [-0.39, 0.29) is 17.6 Å². The smallest absolute Gasteiger partial charge is 0.408 e. The predicted molar refractivity (Wildman–Crippen MR) is 160 cm³/mol. The second-order valence-electron chi connectivity index (χ2n) is 10.9. The molecule has 0 saturated heterocycles. The van der Waals surface area contributed by atoms with Crippen molar-refractivity contribution in [1.29, 1.82) is 0 Å². The summed E-state index contributed by atoms with van der Waals surface area (Å²) in [4.78, 5) is 42.1. The van der Waals surface area contributed by atoms with Crippen LogP contribution in [0.5, 0.6) is 5.75 Å². The molecule has 0 aliphatic carbocycles. The molecule has 1 rings (SSSR count). The number of nitrogens with zero attached hydrogens (tertiary/aromatic N) is 1. The van der Waals surface area contributed by atoms with E-state index in [4.69, 9.17) is 4.74 Å². The molecule has 3 amide bonds. The second kappa shape index (κ2) is 18.8. The number of alkyl carbamates (subject to hydrolysis) is 1. The quantitative estimate of drug-likeness (QED) is 0.183. The molecular weight excluding hydrogens is 514 g/mol. The number of phenols is 1. The van der Waals surface area contributed by atoms with E-state index < -0.39 is 23.8 Å². The Morgan fingerprint density at radius 1 is 1.03 bits per heavy atom. The maximum atomic E-state index is 14.2. The van der Waals surface area contributed by atoms with Gasteiger partial charge in [0.15, 0.2) is 0 Å². The van der Waals surface area contributed by atoms with Crippen molar-refractivity contribution in [1.82, 2.24) is 15.5 Å². The van der Waals surface area contributed by atoms with Gasteiger partial charge in [0, 0.05) is 13.1 Å². The lowest BCUT2D eigenvalue weighted by molar-refractivity contribution is -0.142. The van der Waals surface area contributed by atoms with Crippen LogP contribution in [0.4, 0.5) is 4.79 Å². The Morgan fingerprint density at radius 2 is 1.69 bits per heavy atom. The van der Waals surface area contributed by atoms with Crippen LogP contribution in [0, 0.1) is 0 Å². The Balaban J connectivity index is 3.39. The van der Waals surface area contributed by atoms with Gasteiger partial charge < -0.3 is 25.4 Å². The van der Waals surface area contributed by atoms with Gasteiger partial charge in [0.2, 0.25) is 11.8 Å². The van der Waals surface area contributed by atoms with Gasteiger partial charge in [-0.1, -0.05) is 64.5 Å². The molecule has 0 aliphatic heterocycles. The van der Waals surface area contributed by atoms with Crippen molar-refractivity contribution >= 4 is 29.7 Å². The first-order chi connectivity index (χ1) is 18.5. The van der Waals surface area contributed by atoms with Crippen LogP contribution >= 0.6 is 11.8 Å². The number of nitrogens with one attached hydrogen (secondary N) is 2. The summed E-state index contributed by atoms with van der Waals surface area (Å²) in [6.45, 7) is 10.4. The fraction of sp³-hybridized carbons (Fsp3) is 0.700. The summed E-state index contributed by atoms with van der Waals surface area (Å²) < 4.78 is 5.45. The third-order valence-electron chi connectivity index (χ3n) is 6.21. The summed E-state index contributed by atoms with van der Waals surface area (Å²) in [5.41, 5.74) is -0.177. The van der Waals surface area contributed by atoms with E-state index in [9.17, 15) is 19.5 Å². The zero-order valence-corrected chi connectivity index (χ0v) is 25.7. The molecule has 0 aliphatic rings. The molecule has 8 nitrogen and oxygen atoms in total. The lowest BCUT2D eigenvalue weighted by Crippen LogP contribution is -2.53. The fourth-order valence-corrected chi connectivity index (χ4v) is 4.72. The van der Waals surface area contributed by atoms with Crippen molar-refractivity contribution in [2.24, 2.45) is 0 Å². The number of carbonyl (C=O) groups excluding carboxylic acids is 3. The van der Waals surface area contributed by atoms with Gasteiger partial charge in [0.05, 0.1) is 0 Å². The molecule has 0 radical (unpaired) electrons. The number of unbranched alkanes of at least 4 members (excludes halogenated alkanes) is 6. The highest BCUT2D eigenvalue weighted by Crippen LogP contribution is 2.27. The summed E-state index contributed by atoms with van der Waals surface area (Å²) >= 11 is 1.58. The van der Waals surface area contributed by atoms with E-state index in [1.54, 1.807) is 55.6 Å².